The number of nitrogens with zero attached hydrogens (tertiary/aromatic N) is 3. The molecule has 1 fully saturated rings. The van der Waals surface area contributed by atoms with Crippen molar-refractivity contribution in [1.29, 1.82) is 0 Å². The molecule has 2 aromatic carbocycles. The molecule has 0 spiro atoms. The average molecular weight is 455 g/mol. The van der Waals surface area contributed by atoms with E-state index in [0.717, 1.165) is 54.3 Å². The monoisotopic (exact) mass is 454 g/mol. The summed E-state index contributed by atoms with van der Waals surface area (Å²) >= 11 is 0. The van der Waals surface area contributed by atoms with Crippen molar-refractivity contribution in [2.75, 3.05) is 25.0 Å². The molecule has 0 saturated carbocycles. The van der Waals surface area contributed by atoms with Crippen LogP contribution in [0.1, 0.15) is 43.9 Å². The van der Waals surface area contributed by atoms with Gasteiger partial charge in [0.15, 0.2) is 0 Å². The van der Waals surface area contributed by atoms with E-state index in [-0.39, 0.29) is 6.04 Å². The highest BCUT2D eigenvalue weighted by atomic mass is 15.1. The Morgan fingerprint density at radius 2 is 1.79 bits per heavy atom. The summed E-state index contributed by atoms with van der Waals surface area (Å²) in [7, 11) is 0. The van der Waals surface area contributed by atoms with Crippen molar-refractivity contribution in [3.63, 3.8) is 0 Å². The molecule has 0 amide bonds. The first-order valence-electron chi connectivity index (χ1n) is 12.4. The third-order valence-electron chi connectivity index (χ3n) is 6.83. The molecule has 176 valence electrons. The number of likely N-dealkylation sites (tertiary alicyclic amines) is 1. The number of rotatable bonds is 8. The average Bonchev–Trinajstić information content (AvgIpc) is 3.32. The van der Waals surface area contributed by atoms with Gasteiger partial charge in [0.2, 0.25) is 0 Å². The lowest BCUT2D eigenvalue weighted by atomic mass is 10.0. The summed E-state index contributed by atoms with van der Waals surface area (Å²) in [4.78, 5) is 15.0. The molecule has 0 aliphatic carbocycles. The van der Waals surface area contributed by atoms with Crippen molar-refractivity contribution in [1.82, 2.24) is 25.2 Å². The molecule has 6 nitrogen and oxygen atoms in total. The van der Waals surface area contributed by atoms with Crippen LogP contribution in [-0.2, 0) is 6.54 Å². The highest BCUT2D eigenvalue weighted by molar-refractivity contribution is 5.91. The summed E-state index contributed by atoms with van der Waals surface area (Å²) in [5.74, 6) is 0.849. The van der Waals surface area contributed by atoms with Crippen molar-refractivity contribution < 1.29 is 0 Å². The van der Waals surface area contributed by atoms with Crippen LogP contribution >= 0.6 is 0 Å². The summed E-state index contributed by atoms with van der Waals surface area (Å²) in [5, 5.41) is 8.14. The van der Waals surface area contributed by atoms with Gasteiger partial charge in [-0.1, -0.05) is 61.5 Å². The first-order valence-corrected chi connectivity index (χ1v) is 12.4. The molecule has 34 heavy (non-hydrogen) atoms. The Balaban J connectivity index is 1.28. The Hall–Kier alpha value is -3.22. The molecule has 1 aliphatic heterocycles. The fourth-order valence-electron chi connectivity index (χ4n) is 4.87. The van der Waals surface area contributed by atoms with Gasteiger partial charge >= 0.3 is 0 Å². The molecule has 6 heteroatoms. The molecule has 3 N–H and O–H groups in total. The number of fused-ring (bicyclic) bond motifs is 1. The zero-order valence-electron chi connectivity index (χ0n) is 20.1. The number of hydrogen-bond donors (Lipinski definition) is 3. The summed E-state index contributed by atoms with van der Waals surface area (Å²) in [5.41, 5.74) is 5.66. The number of aromatic nitrogens is 3. The highest BCUT2D eigenvalue weighted by Gasteiger charge is 2.18. The Morgan fingerprint density at radius 1 is 1.03 bits per heavy atom. The van der Waals surface area contributed by atoms with Gasteiger partial charge in [-0.05, 0) is 62.2 Å². The third kappa shape index (κ3) is 5.13. The number of piperidine rings is 1. The predicted molar refractivity (Wildman–Crippen MR) is 140 cm³/mol. The first-order chi connectivity index (χ1) is 16.7. The van der Waals surface area contributed by atoms with Crippen molar-refractivity contribution in [2.45, 2.75) is 45.3 Å². The maximum atomic E-state index is 4.52. The molecule has 1 saturated heterocycles. The third-order valence-corrected chi connectivity index (χ3v) is 6.83. The van der Waals surface area contributed by atoms with Gasteiger partial charge in [-0.3, -0.25) is 4.90 Å². The molecular weight excluding hydrogens is 420 g/mol. The second kappa shape index (κ2) is 10.4. The number of nitrogens with one attached hydrogen (secondary N) is 3. The van der Waals surface area contributed by atoms with Gasteiger partial charge in [0.05, 0.1) is 5.39 Å². The lowest BCUT2D eigenvalue weighted by molar-refractivity contribution is 0.192. The lowest BCUT2D eigenvalue weighted by Crippen LogP contribution is -2.42. The quantitative estimate of drug-likeness (QED) is 0.334. The van der Waals surface area contributed by atoms with Gasteiger partial charge in [-0.15, -0.1) is 0 Å². The second-order valence-electron chi connectivity index (χ2n) is 9.25. The van der Waals surface area contributed by atoms with Gasteiger partial charge in [-0.25, -0.2) is 9.97 Å². The van der Waals surface area contributed by atoms with Crippen molar-refractivity contribution in [3.8, 4) is 11.3 Å². The minimum atomic E-state index is 0.153. The number of aromatic amines is 1. The number of hydrogen-bond acceptors (Lipinski definition) is 5. The number of benzene rings is 2. The van der Waals surface area contributed by atoms with E-state index in [1.165, 1.54) is 24.0 Å². The first kappa shape index (κ1) is 22.6. The summed E-state index contributed by atoms with van der Waals surface area (Å²) in [6, 6.07) is 22.3. The van der Waals surface area contributed by atoms with Gasteiger partial charge in [0.25, 0.3) is 0 Å². The molecular formula is C28H34N6. The fourth-order valence-corrected chi connectivity index (χ4v) is 4.87. The topological polar surface area (TPSA) is 68.9 Å². The molecule has 4 aromatic rings. The Bertz CT molecular complexity index is 1190. The maximum Gasteiger partial charge on any atom is 0.143 e. The smallest absolute Gasteiger partial charge is 0.143 e. The largest absolute Gasteiger partial charge is 0.363 e. The van der Waals surface area contributed by atoms with Crippen molar-refractivity contribution in [3.05, 3.63) is 78.1 Å². The van der Waals surface area contributed by atoms with E-state index in [9.17, 15) is 0 Å². The molecule has 5 rings (SSSR count). The Kier molecular flexibility index (Phi) is 6.88. The van der Waals surface area contributed by atoms with Crippen LogP contribution in [0.25, 0.3) is 22.3 Å². The molecule has 3 heterocycles. The zero-order valence-corrected chi connectivity index (χ0v) is 20.1. The second-order valence-corrected chi connectivity index (χ2v) is 9.25. The number of H-pyrrole nitrogens is 1. The van der Waals surface area contributed by atoms with Crippen LogP contribution in [-0.4, -0.2) is 45.5 Å². The van der Waals surface area contributed by atoms with E-state index < -0.39 is 0 Å². The fraction of sp³-hybridized carbons (Fsp3) is 0.357. The lowest BCUT2D eigenvalue weighted by Gasteiger charge is -2.32. The minimum absolute atomic E-state index is 0.153. The SMILES string of the molecule is CCNC1CCN(Cc2ccc(-c3cc4c(N[C@H](C)c5ccccc5)ncnc4[nH]3)cc2)CC1. The summed E-state index contributed by atoms with van der Waals surface area (Å²) < 4.78 is 0. The van der Waals surface area contributed by atoms with E-state index in [0.29, 0.717) is 6.04 Å². The highest BCUT2D eigenvalue weighted by Crippen LogP contribution is 2.29. The molecule has 1 aliphatic rings. The van der Waals surface area contributed by atoms with Crippen molar-refractivity contribution >= 4 is 16.9 Å². The van der Waals surface area contributed by atoms with Crippen LogP contribution in [0.4, 0.5) is 5.82 Å². The molecule has 0 bridgehead atoms. The molecule has 1 atom stereocenters. The van der Waals surface area contributed by atoms with Crippen LogP contribution in [0.15, 0.2) is 67.0 Å². The van der Waals surface area contributed by atoms with Gasteiger partial charge in [-0.2, -0.15) is 0 Å². The van der Waals surface area contributed by atoms with E-state index in [4.69, 9.17) is 0 Å². The minimum Gasteiger partial charge on any atom is -0.363 e. The Morgan fingerprint density at radius 3 is 2.53 bits per heavy atom. The summed E-state index contributed by atoms with van der Waals surface area (Å²) in [6.07, 6.45) is 4.09. The maximum absolute atomic E-state index is 4.52. The van der Waals surface area contributed by atoms with Crippen LogP contribution < -0.4 is 10.6 Å². The van der Waals surface area contributed by atoms with Gasteiger partial charge < -0.3 is 15.6 Å². The van der Waals surface area contributed by atoms with E-state index in [1.54, 1.807) is 6.33 Å². The van der Waals surface area contributed by atoms with E-state index >= 15 is 0 Å². The molecule has 0 unspecified atom stereocenters. The predicted octanol–water partition coefficient (Wildman–Crippen LogP) is 5.37. The standard InChI is InChI=1S/C28H34N6/c1-3-29-24-13-15-34(16-14-24)18-21-9-11-23(12-10-21)26-17-25-27(30-19-31-28(25)33-26)32-20(2)22-7-5-4-6-8-22/h4-12,17,19-20,24,29H,3,13-16,18H2,1-2H3,(H2,30,31,32,33)/t20-/m1/s1. The molecule has 2 aromatic heterocycles. The van der Waals surface area contributed by atoms with Crippen molar-refractivity contribution in [2.24, 2.45) is 0 Å². The van der Waals surface area contributed by atoms with Crippen LogP contribution in [0.5, 0.6) is 0 Å². The van der Waals surface area contributed by atoms with Crippen LogP contribution in [0.2, 0.25) is 0 Å². The molecule has 0 radical (unpaired) electrons. The van der Waals surface area contributed by atoms with Gasteiger partial charge in [0, 0.05) is 24.3 Å². The normalized spacial score (nSPS) is 16.1. The Labute approximate surface area is 201 Å². The number of anilines is 1. The zero-order chi connectivity index (χ0) is 23.3. The van der Waals surface area contributed by atoms with Gasteiger partial charge in [0.1, 0.15) is 17.8 Å². The summed E-state index contributed by atoms with van der Waals surface area (Å²) in [6.45, 7) is 8.75. The van der Waals surface area contributed by atoms with Crippen LogP contribution in [0, 0.1) is 0 Å². The van der Waals surface area contributed by atoms with E-state index in [2.05, 4.69) is 98.9 Å². The van der Waals surface area contributed by atoms with E-state index in [1.807, 2.05) is 6.07 Å². The van der Waals surface area contributed by atoms with Crippen LogP contribution in [0.3, 0.4) is 0 Å².